The van der Waals surface area contributed by atoms with Gasteiger partial charge >= 0.3 is 0 Å². The van der Waals surface area contributed by atoms with Crippen LogP contribution >= 0.6 is 11.3 Å². The first kappa shape index (κ1) is 12.6. The Morgan fingerprint density at radius 3 is 2.83 bits per heavy atom. The smallest absolute Gasteiger partial charge is 0.274 e. The molecule has 0 fully saturated rings. The van der Waals surface area contributed by atoms with Gasteiger partial charge in [-0.15, -0.1) is 0 Å². The Labute approximate surface area is 110 Å². The molecule has 0 spiro atoms. The summed E-state index contributed by atoms with van der Waals surface area (Å²) in [6, 6.07) is 2.01. The van der Waals surface area contributed by atoms with E-state index in [1.54, 1.807) is 37.3 Å². The summed E-state index contributed by atoms with van der Waals surface area (Å²) >= 11 is 1.62. The van der Waals surface area contributed by atoms with Crippen LogP contribution in [-0.2, 0) is 13.6 Å². The van der Waals surface area contributed by atoms with E-state index in [0.717, 1.165) is 5.56 Å². The van der Waals surface area contributed by atoms with Crippen molar-refractivity contribution in [3.8, 4) is 0 Å². The zero-order valence-corrected chi connectivity index (χ0v) is 11.5. The van der Waals surface area contributed by atoms with Crippen molar-refractivity contribution in [2.24, 2.45) is 7.05 Å². The van der Waals surface area contributed by atoms with Gasteiger partial charge in [0.25, 0.3) is 5.91 Å². The number of anilines is 1. The number of nitrogens with zero attached hydrogens (tertiary/aromatic N) is 3. The summed E-state index contributed by atoms with van der Waals surface area (Å²) in [5.41, 5.74) is 8.60. The van der Waals surface area contributed by atoms with Crippen LogP contribution in [0.2, 0.25) is 0 Å². The first-order valence-electron chi connectivity index (χ1n) is 5.56. The van der Waals surface area contributed by atoms with Crippen LogP contribution in [0, 0.1) is 6.92 Å². The summed E-state index contributed by atoms with van der Waals surface area (Å²) < 4.78 is 1.54. The van der Waals surface area contributed by atoms with Crippen molar-refractivity contribution < 1.29 is 4.79 Å². The number of thiophene rings is 1. The molecule has 6 heteroatoms. The second kappa shape index (κ2) is 4.81. The average molecular weight is 264 g/mol. The Balaban J connectivity index is 2.20. The fourth-order valence-corrected chi connectivity index (χ4v) is 2.50. The lowest BCUT2D eigenvalue weighted by Gasteiger charge is -2.16. The van der Waals surface area contributed by atoms with E-state index in [1.165, 1.54) is 4.68 Å². The van der Waals surface area contributed by atoms with Crippen molar-refractivity contribution in [2.45, 2.75) is 13.5 Å². The predicted octanol–water partition coefficient (Wildman–Crippen LogP) is 1.64. The van der Waals surface area contributed by atoms with E-state index in [9.17, 15) is 4.79 Å². The van der Waals surface area contributed by atoms with Crippen LogP contribution in [0.4, 0.5) is 5.69 Å². The highest BCUT2D eigenvalue weighted by molar-refractivity contribution is 7.07. The molecule has 1 amide bonds. The number of amides is 1. The number of hydrogen-bond acceptors (Lipinski definition) is 4. The Hall–Kier alpha value is -1.82. The second-order valence-corrected chi connectivity index (χ2v) is 5.04. The Morgan fingerprint density at radius 2 is 2.33 bits per heavy atom. The molecule has 18 heavy (non-hydrogen) atoms. The minimum atomic E-state index is -0.109. The summed E-state index contributed by atoms with van der Waals surface area (Å²) in [4.78, 5) is 14.0. The van der Waals surface area contributed by atoms with Gasteiger partial charge in [0.2, 0.25) is 0 Å². The molecule has 5 nitrogen and oxygen atoms in total. The van der Waals surface area contributed by atoms with Gasteiger partial charge < -0.3 is 10.6 Å². The zero-order valence-electron chi connectivity index (χ0n) is 10.7. The van der Waals surface area contributed by atoms with Gasteiger partial charge in [-0.3, -0.25) is 9.48 Å². The SMILES string of the molecule is Cc1nn(C)c(C(=O)N(C)Cc2ccsc2)c1N. The molecule has 2 aromatic heterocycles. The molecule has 2 N–H and O–H groups in total. The maximum absolute atomic E-state index is 12.3. The van der Waals surface area contributed by atoms with Gasteiger partial charge in [0.1, 0.15) is 5.69 Å². The number of aryl methyl sites for hydroxylation is 2. The number of aromatic nitrogens is 2. The zero-order chi connectivity index (χ0) is 13.3. The maximum Gasteiger partial charge on any atom is 0.274 e. The van der Waals surface area contributed by atoms with Gasteiger partial charge in [0.15, 0.2) is 0 Å². The third kappa shape index (κ3) is 2.24. The lowest BCUT2D eigenvalue weighted by molar-refractivity contribution is 0.0775. The molecule has 0 aliphatic heterocycles. The molecular weight excluding hydrogens is 248 g/mol. The van der Waals surface area contributed by atoms with Crippen molar-refractivity contribution in [3.63, 3.8) is 0 Å². The lowest BCUT2D eigenvalue weighted by atomic mass is 10.2. The fourth-order valence-electron chi connectivity index (χ4n) is 1.84. The highest BCUT2D eigenvalue weighted by Gasteiger charge is 2.21. The third-order valence-corrected chi connectivity index (χ3v) is 3.55. The highest BCUT2D eigenvalue weighted by atomic mass is 32.1. The highest BCUT2D eigenvalue weighted by Crippen LogP contribution is 2.18. The first-order valence-corrected chi connectivity index (χ1v) is 6.50. The van der Waals surface area contributed by atoms with Crippen LogP contribution in [0.25, 0.3) is 0 Å². The molecule has 0 radical (unpaired) electrons. The molecule has 0 saturated carbocycles. The summed E-state index contributed by atoms with van der Waals surface area (Å²) in [5, 5.41) is 8.18. The van der Waals surface area contributed by atoms with Gasteiger partial charge in [-0.25, -0.2) is 0 Å². The molecular formula is C12H16N4OS. The van der Waals surface area contributed by atoms with Crippen LogP contribution < -0.4 is 5.73 Å². The topological polar surface area (TPSA) is 64.2 Å². The van der Waals surface area contributed by atoms with Crippen molar-refractivity contribution >= 4 is 22.9 Å². The average Bonchev–Trinajstić information content (AvgIpc) is 2.88. The molecule has 2 aromatic rings. The maximum atomic E-state index is 12.3. The van der Waals surface area contributed by atoms with E-state index < -0.39 is 0 Å². The first-order chi connectivity index (χ1) is 8.50. The summed E-state index contributed by atoms with van der Waals surface area (Å²) in [6.07, 6.45) is 0. The number of nitrogen functional groups attached to an aromatic ring is 1. The lowest BCUT2D eigenvalue weighted by Crippen LogP contribution is -2.28. The Morgan fingerprint density at radius 1 is 1.61 bits per heavy atom. The van der Waals surface area contributed by atoms with Crippen molar-refractivity contribution in [3.05, 3.63) is 33.8 Å². The molecule has 2 rings (SSSR count). The van der Waals surface area contributed by atoms with Crippen LogP contribution in [0.3, 0.4) is 0 Å². The van der Waals surface area contributed by atoms with Gasteiger partial charge in [-0.2, -0.15) is 16.4 Å². The number of carbonyl (C=O) groups is 1. The number of nitrogens with two attached hydrogens (primary N) is 1. The number of rotatable bonds is 3. The minimum Gasteiger partial charge on any atom is -0.395 e. The van der Waals surface area contributed by atoms with Gasteiger partial charge in [0.05, 0.1) is 11.4 Å². The van der Waals surface area contributed by atoms with Gasteiger partial charge in [-0.05, 0) is 29.3 Å². The third-order valence-electron chi connectivity index (χ3n) is 2.82. The molecule has 0 bridgehead atoms. The molecule has 0 aromatic carbocycles. The van der Waals surface area contributed by atoms with E-state index in [2.05, 4.69) is 5.10 Å². The van der Waals surface area contributed by atoms with E-state index in [-0.39, 0.29) is 5.91 Å². The summed E-state index contributed by atoms with van der Waals surface area (Å²) in [6.45, 7) is 2.37. The van der Waals surface area contributed by atoms with E-state index in [0.29, 0.717) is 23.6 Å². The Kier molecular flexibility index (Phi) is 3.38. The minimum absolute atomic E-state index is 0.109. The normalized spacial score (nSPS) is 10.6. The van der Waals surface area contributed by atoms with Crippen molar-refractivity contribution in [2.75, 3.05) is 12.8 Å². The molecule has 0 atom stereocenters. The fraction of sp³-hybridized carbons (Fsp3) is 0.333. The Bertz CT molecular complexity index is 559. The van der Waals surface area contributed by atoms with Crippen LogP contribution in [0.1, 0.15) is 21.7 Å². The van der Waals surface area contributed by atoms with E-state index in [4.69, 9.17) is 5.73 Å². The number of carbonyl (C=O) groups excluding carboxylic acids is 1. The van der Waals surface area contributed by atoms with E-state index in [1.807, 2.05) is 16.8 Å². The van der Waals surface area contributed by atoms with Gasteiger partial charge in [-0.1, -0.05) is 0 Å². The molecule has 0 saturated heterocycles. The van der Waals surface area contributed by atoms with Crippen LogP contribution in [0.5, 0.6) is 0 Å². The van der Waals surface area contributed by atoms with Gasteiger partial charge in [0, 0.05) is 20.6 Å². The van der Waals surface area contributed by atoms with Crippen LogP contribution in [-0.4, -0.2) is 27.6 Å². The van der Waals surface area contributed by atoms with Crippen molar-refractivity contribution in [1.29, 1.82) is 0 Å². The van der Waals surface area contributed by atoms with Crippen molar-refractivity contribution in [1.82, 2.24) is 14.7 Å². The summed E-state index contributed by atoms with van der Waals surface area (Å²) in [5.74, 6) is -0.109. The molecule has 0 unspecified atom stereocenters. The molecule has 2 heterocycles. The van der Waals surface area contributed by atoms with E-state index >= 15 is 0 Å². The number of hydrogen-bond donors (Lipinski definition) is 1. The summed E-state index contributed by atoms with van der Waals surface area (Å²) in [7, 11) is 3.50. The molecule has 96 valence electrons. The predicted molar refractivity (Wildman–Crippen MR) is 72.5 cm³/mol. The largest absolute Gasteiger partial charge is 0.395 e. The molecule has 0 aliphatic carbocycles. The monoisotopic (exact) mass is 264 g/mol. The second-order valence-electron chi connectivity index (χ2n) is 4.26. The molecule has 0 aliphatic rings. The quantitative estimate of drug-likeness (QED) is 0.916. The standard InChI is InChI=1S/C12H16N4OS/c1-8-10(13)11(16(3)14-8)12(17)15(2)6-9-4-5-18-7-9/h4-5,7H,6,13H2,1-3H3. The van der Waals surface area contributed by atoms with Crippen LogP contribution in [0.15, 0.2) is 16.8 Å².